The number of aliphatic hydroxyl groups excluding tert-OH is 1. The van der Waals surface area contributed by atoms with Gasteiger partial charge in [-0.15, -0.1) is 0 Å². The molecule has 1 saturated heterocycles. The minimum atomic E-state index is 0.0533. The maximum Gasteiger partial charge on any atom is 0.119 e. The van der Waals surface area contributed by atoms with Crippen molar-refractivity contribution in [3.05, 3.63) is 42.5 Å². The molecule has 1 aromatic rings. The molecule has 1 fully saturated rings. The van der Waals surface area contributed by atoms with Crippen LogP contribution in [0.3, 0.4) is 0 Å². The van der Waals surface area contributed by atoms with Crippen molar-refractivity contribution in [1.82, 2.24) is 4.90 Å². The Balaban J connectivity index is 1.42. The van der Waals surface area contributed by atoms with Gasteiger partial charge in [-0.1, -0.05) is 30.4 Å². The van der Waals surface area contributed by atoms with Crippen molar-refractivity contribution in [2.75, 3.05) is 32.8 Å². The molecule has 1 aromatic carbocycles. The van der Waals surface area contributed by atoms with Crippen LogP contribution < -0.4 is 4.74 Å². The average molecular weight is 329 g/mol. The molecule has 0 aromatic heterocycles. The molecule has 0 bridgehead atoms. The van der Waals surface area contributed by atoms with Gasteiger partial charge in [-0.2, -0.15) is 0 Å². The van der Waals surface area contributed by atoms with Gasteiger partial charge < -0.3 is 14.7 Å². The summed E-state index contributed by atoms with van der Waals surface area (Å²) in [6.07, 6.45) is 11.6. The van der Waals surface area contributed by atoms with Crippen molar-refractivity contribution < 1.29 is 9.84 Å². The lowest BCUT2D eigenvalue weighted by molar-refractivity contribution is 0.0217. The highest BCUT2D eigenvalue weighted by Crippen LogP contribution is 2.35. The van der Waals surface area contributed by atoms with E-state index in [2.05, 4.69) is 17.1 Å². The van der Waals surface area contributed by atoms with Gasteiger partial charge in [0.1, 0.15) is 5.75 Å². The number of rotatable bonds is 7. The summed E-state index contributed by atoms with van der Waals surface area (Å²) in [7, 11) is 0. The number of likely N-dealkylation sites (tertiary alicyclic amines) is 1. The van der Waals surface area contributed by atoms with Gasteiger partial charge in [0, 0.05) is 13.2 Å². The average Bonchev–Trinajstić information content (AvgIpc) is 2.65. The summed E-state index contributed by atoms with van der Waals surface area (Å²) in [6.45, 7) is 4.44. The normalized spacial score (nSPS) is 24.0. The zero-order valence-corrected chi connectivity index (χ0v) is 14.7. The molecule has 0 amide bonds. The number of para-hydroxylation sites is 1. The Labute approximate surface area is 146 Å². The second-order valence-corrected chi connectivity index (χ2v) is 7.52. The number of hydrogen-bond acceptors (Lipinski definition) is 3. The van der Waals surface area contributed by atoms with Crippen molar-refractivity contribution in [3.8, 4) is 5.75 Å². The van der Waals surface area contributed by atoms with E-state index in [0.29, 0.717) is 6.61 Å². The van der Waals surface area contributed by atoms with E-state index in [-0.39, 0.29) is 12.0 Å². The number of nitrogens with zero attached hydrogens (tertiary/aromatic N) is 1. The van der Waals surface area contributed by atoms with E-state index in [9.17, 15) is 5.11 Å². The molecule has 3 nitrogen and oxygen atoms in total. The van der Waals surface area contributed by atoms with Crippen molar-refractivity contribution in [2.45, 2.75) is 38.5 Å². The van der Waals surface area contributed by atoms with E-state index < -0.39 is 0 Å². The summed E-state index contributed by atoms with van der Waals surface area (Å²) >= 11 is 0. The second-order valence-electron chi connectivity index (χ2n) is 7.52. The number of allylic oxidation sites excluding steroid dienone is 2. The zero-order chi connectivity index (χ0) is 16.7. The van der Waals surface area contributed by atoms with Crippen LogP contribution in [0.1, 0.15) is 38.5 Å². The van der Waals surface area contributed by atoms with Crippen LogP contribution in [0.4, 0.5) is 0 Å². The van der Waals surface area contributed by atoms with Crippen molar-refractivity contribution >= 4 is 0 Å². The summed E-state index contributed by atoms with van der Waals surface area (Å²) in [6, 6.07) is 9.98. The third-order valence-electron chi connectivity index (χ3n) is 5.79. The van der Waals surface area contributed by atoms with E-state index in [4.69, 9.17) is 4.74 Å². The summed E-state index contributed by atoms with van der Waals surface area (Å²) in [5.74, 6) is 1.76. The first-order valence-electron chi connectivity index (χ1n) is 9.46. The molecule has 1 atom stereocenters. The lowest BCUT2D eigenvalue weighted by Crippen LogP contribution is -2.44. The number of benzene rings is 1. The van der Waals surface area contributed by atoms with E-state index >= 15 is 0 Å². The first-order chi connectivity index (χ1) is 11.8. The summed E-state index contributed by atoms with van der Waals surface area (Å²) in [5, 5.41) is 9.96. The van der Waals surface area contributed by atoms with Crippen molar-refractivity contribution in [3.63, 3.8) is 0 Å². The van der Waals surface area contributed by atoms with Gasteiger partial charge in [-0.25, -0.2) is 0 Å². The van der Waals surface area contributed by atoms with Crippen molar-refractivity contribution in [2.24, 2.45) is 11.3 Å². The smallest absolute Gasteiger partial charge is 0.119 e. The fraction of sp³-hybridized carbons (Fsp3) is 0.619. The summed E-state index contributed by atoms with van der Waals surface area (Å²) in [4.78, 5) is 2.61. The van der Waals surface area contributed by atoms with Gasteiger partial charge in [-0.05, 0) is 75.1 Å². The molecular formula is C21H31NO2. The van der Waals surface area contributed by atoms with Crippen LogP contribution in [0, 0.1) is 11.3 Å². The lowest BCUT2D eigenvalue weighted by Gasteiger charge is -2.42. The van der Waals surface area contributed by atoms with Gasteiger partial charge in [0.25, 0.3) is 0 Å². The molecule has 0 spiro atoms. The number of hydrogen-bond donors (Lipinski definition) is 1. The Morgan fingerprint density at radius 2 is 1.92 bits per heavy atom. The lowest BCUT2D eigenvalue weighted by atomic mass is 9.76. The molecule has 1 N–H and O–H groups in total. The number of ether oxygens (including phenoxy) is 1. The van der Waals surface area contributed by atoms with Crippen LogP contribution in [0.2, 0.25) is 0 Å². The van der Waals surface area contributed by atoms with Crippen LogP contribution in [-0.4, -0.2) is 42.9 Å². The Hall–Kier alpha value is -1.32. The van der Waals surface area contributed by atoms with E-state index in [0.717, 1.165) is 44.0 Å². The summed E-state index contributed by atoms with van der Waals surface area (Å²) < 4.78 is 5.85. The standard InChI is InChI=1S/C21H31NO2/c23-18-21(13-16-24-20-9-5-2-6-10-20)11-14-22(15-12-21)17-19-7-3-1-4-8-19/h1-3,5-6,9-10,19,23H,4,7-8,11-18H2/t19-/m0/s1. The molecule has 3 heteroatoms. The minimum Gasteiger partial charge on any atom is -0.494 e. The maximum atomic E-state index is 9.96. The van der Waals surface area contributed by atoms with Gasteiger partial charge >= 0.3 is 0 Å². The van der Waals surface area contributed by atoms with Crippen LogP contribution in [0.25, 0.3) is 0 Å². The Morgan fingerprint density at radius 1 is 1.12 bits per heavy atom. The predicted octanol–water partition coefficient (Wildman–Crippen LogP) is 3.89. The molecule has 0 saturated carbocycles. The van der Waals surface area contributed by atoms with Crippen LogP contribution in [0.5, 0.6) is 5.75 Å². The Morgan fingerprint density at radius 3 is 2.58 bits per heavy atom. The third kappa shape index (κ3) is 4.84. The molecule has 0 unspecified atom stereocenters. The molecule has 1 heterocycles. The van der Waals surface area contributed by atoms with E-state index in [1.807, 2.05) is 30.3 Å². The molecule has 2 aliphatic rings. The van der Waals surface area contributed by atoms with Crippen LogP contribution in [0.15, 0.2) is 42.5 Å². The monoisotopic (exact) mass is 329 g/mol. The summed E-state index contributed by atoms with van der Waals surface area (Å²) in [5.41, 5.74) is 0.0533. The molecule has 132 valence electrons. The van der Waals surface area contributed by atoms with Crippen molar-refractivity contribution in [1.29, 1.82) is 0 Å². The topological polar surface area (TPSA) is 32.7 Å². The molecule has 1 aliphatic heterocycles. The quantitative estimate of drug-likeness (QED) is 0.771. The van der Waals surface area contributed by atoms with Gasteiger partial charge in [0.05, 0.1) is 6.61 Å². The first-order valence-corrected chi connectivity index (χ1v) is 9.46. The second kappa shape index (κ2) is 8.68. The largest absolute Gasteiger partial charge is 0.494 e. The number of aliphatic hydroxyl groups is 1. The fourth-order valence-corrected chi connectivity index (χ4v) is 3.99. The molecule has 0 radical (unpaired) electrons. The highest BCUT2D eigenvalue weighted by molar-refractivity contribution is 5.20. The highest BCUT2D eigenvalue weighted by atomic mass is 16.5. The highest BCUT2D eigenvalue weighted by Gasteiger charge is 2.34. The molecule has 24 heavy (non-hydrogen) atoms. The molecule has 1 aliphatic carbocycles. The fourth-order valence-electron chi connectivity index (χ4n) is 3.99. The SMILES string of the molecule is OCC1(CCOc2ccccc2)CCN(C[C@H]2CC=CCC2)CC1. The van der Waals surface area contributed by atoms with Gasteiger partial charge in [0.2, 0.25) is 0 Å². The van der Waals surface area contributed by atoms with E-state index in [1.165, 1.54) is 25.8 Å². The number of piperidine rings is 1. The Bertz CT molecular complexity index is 506. The zero-order valence-electron chi connectivity index (χ0n) is 14.7. The molecule has 3 rings (SSSR count). The van der Waals surface area contributed by atoms with Gasteiger partial charge in [-0.3, -0.25) is 0 Å². The minimum absolute atomic E-state index is 0.0533. The predicted molar refractivity (Wildman–Crippen MR) is 98.2 cm³/mol. The first kappa shape index (κ1) is 17.5. The third-order valence-corrected chi connectivity index (χ3v) is 5.79. The van der Waals surface area contributed by atoms with Crippen LogP contribution in [-0.2, 0) is 0 Å². The van der Waals surface area contributed by atoms with Gasteiger partial charge in [0.15, 0.2) is 0 Å². The van der Waals surface area contributed by atoms with Crippen LogP contribution >= 0.6 is 0 Å². The maximum absolute atomic E-state index is 9.96. The van der Waals surface area contributed by atoms with E-state index in [1.54, 1.807) is 0 Å². The Kier molecular flexibility index (Phi) is 6.33. The molecular weight excluding hydrogens is 298 g/mol.